The predicted molar refractivity (Wildman–Crippen MR) is 180 cm³/mol. The van der Waals surface area contributed by atoms with Crippen molar-refractivity contribution in [3.63, 3.8) is 0 Å². The highest BCUT2D eigenvalue weighted by Gasteiger charge is 2.54. The predicted octanol–water partition coefficient (Wildman–Crippen LogP) is 5.45. The Morgan fingerprint density at radius 3 is 2.49 bits per heavy atom. The number of aliphatic hydroxyl groups excluding tert-OH is 1. The molecule has 2 amide bonds. The minimum absolute atomic E-state index is 0.00852. The molecular weight excluding hydrogens is 600 g/mol. The van der Waals surface area contributed by atoms with Gasteiger partial charge in [-0.25, -0.2) is 4.79 Å². The minimum Gasteiger partial charge on any atom is -0.508 e. The Hall–Kier alpha value is -4.15. The van der Waals surface area contributed by atoms with Gasteiger partial charge in [0.1, 0.15) is 23.1 Å². The molecule has 5 N–H and O–H groups in total. The smallest absolute Gasteiger partial charge is 0.332 e. The number of hydrogen-bond acceptors (Lipinski definition) is 8. The van der Waals surface area contributed by atoms with Crippen LogP contribution in [-0.4, -0.2) is 64.1 Å². The summed E-state index contributed by atoms with van der Waals surface area (Å²) in [6, 6.07) is 2.73. The lowest BCUT2D eigenvalue weighted by molar-refractivity contribution is -0.158. The molecule has 0 radical (unpaired) electrons. The van der Waals surface area contributed by atoms with Crippen molar-refractivity contribution in [3.8, 4) is 11.5 Å². The molecule has 0 saturated heterocycles. The molecule has 10 nitrogen and oxygen atoms in total. The zero-order valence-electron chi connectivity index (χ0n) is 27.5. The van der Waals surface area contributed by atoms with Gasteiger partial charge >= 0.3 is 5.97 Å². The molecule has 0 aromatic heterocycles. The van der Waals surface area contributed by atoms with Crippen LogP contribution in [0, 0.1) is 5.92 Å². The first-order valence-electron chi connectivity index (χ1n) is 16.5. The number of fused-ring (bicyclic) bond motifs is 2. The van der Waals surface area contributed by atoms with E-state index >= 15 is 0 Å². The highest BCUT2D eigenvalue weighted by Crippen LogP contribution is 2.39. The summed E-state index contributed by atoms with van der Waals surface area (Å²) in [4.78, 5) is 39.1. The first-order valence-corrected chi connectivity index (χ1v) is 16.5. The van der Waals surface area contributed by atoms with Gasteiger partial charge in [0.05, 0.1) is 24.3 Å². The molecule has 254 valence electrons. The van der Waals surface area contributed by atoms with E-state index in [0.717, 1.165) is 24.8 Å². The van der Waals surface area contributed by atoms with Crippen molar-refractivity contribution in [3.05, 3.63) is 77.5 Å². The third-order valence-corrected chi connectivity index (χ3v) is 9.07. The van der Waals surface area contributed by atoms with Gasteiger partial charge in [0.2, 0.25) is 11.8 Å². The number of rotatable bonds is 5. The number of carbonyl (C=O) groups is 3. The van der Waals surface area contributed by atoms with Crippen molar-refractivity contribution in [2.24, 2.45) is 5.92 Å². The molecule has 4 rings (SSSR count). The summed E-state index contributed by atoms with van der Waals surface area (Å²) in [5.41, 5.74) is 0.868. The molecule has 4 atom stereocenters. The number of aromatic hydroxyl groups is 2. The van der Waals surface area contributed by atoms with Crippen molar-refractivity contribution in [1.82, 2.24) is 5.32 Å². The maximum Gasteiger partial charge on any atom is 0.332 e. The van der Waals surface area contributed by atoms with Crippen LogP contribution in [0.2, 0.25) is 0 Å². The fraction of sp³-hybridized carbons (Fsp3) is 0.486. The Morgan fingerprint density at radius 2 is 1.79 bits per heavy atom. The van der Waals surface area contributed by atoms with E-state index in [4.69, 9.17) is 9.47 Å². The molecule has 0 spiro atoms. The molecule has 47 heavy (non-hydrogen) atoms. The molecule has 1 aliphatic heterocycles. The second-order valence-electron chi connectivity index (χ2n) is 12.7. The lowest BCUT2D eigenvalue weighted by Crippen LogP contribution is -2.47. The summed E-state index contributed by atoms with van der Waals surface area (Å²) in [5.74, 6) is -1.83. The van der Waals surface area contributed by atoms with E-state index in [2.05, 4.69) is 10.6 Å². The van der Waals surface area contributed by atoms with Crippen LogP contribution in [0.3, 0.4) is 0 Å². The lowest BCUT2D eigenvalue weighted by Gasteiger charge is -2.30. The molecule has 2 aliphatic carbocycles. The van der Waals surface area contributed by atoms with E-state index in [-0.39, 0.29) is 29.5 Å². The van der Waals surface area contributed by atoms with Gasteiger partial charge < -0.3 is 35.4 Å². The van der Waals surface area contributed by atoms with E-state index in [0.29, 0.717) is 49.7 Å². The summed E-state index contributed by atoms with van der Waals surface area (Å²) >= 11 is 0. The average Bonchev–Trinajstić information content (AvgIpc) is 3.84. The third kappa shape index (κ3) is 9.92. The SMILES string of the molecule is CO[C@H]1\C=C/C=C/C=C/C[C@H](OC(=O)C2(NC(=O)C3=CCCCC3)CC2)[C@H](C)[C@@H](O)/C(C)=C\CCc2cc(O)cc(c2O)NC(=O)C1. The van der Waals surface area contributed by atoms with Crippen molar-refractivity contribution in [2.75, 3.05) is 12.4 Å². The van der Waals surface area contributed by atoms with Crippen LogP contribution in [0.15, 0.2) is 71.9 Å². The first-order chi connectivity index (χ1) is 22.5. The van der Waals surface area contributed by atoms with Crippen LogP contribution in [0.4, 0.5) is 5.69 Å². The number of esters is 1. The summed E-state index contributed by atoms with van der Waals surface area (Å²) in [6.45, 7) is 3.62. The van der Waals surface area contributed by atoms with Crippen LogP contribution in [0.25, 0.3) is 0 Å². The molecule has 1 fully saturated rings. The average molecular weight is 649 g/mol. The van der Waals surface area contributed by atoms with Gasteiger partial charge in [0.15, 0.2) is 0 Å². The van der Waals surface area contributed by atoms with Gasteiger partial charge in [-0.2, -0.15) is 0 Å². The largest absolute Gasteiger partial charge is 0.508 e. The quantitative estimate of drug-likeness (QED) is 0.122. The lowest BCUT2D eigenvalue weighted by atomic mass is 9.90. The van der Waals surface area contributed by atoms with Crippen molar-refractivity contribution >= 4 is 23.5 Å². The molecule has 1 aromatic rings. The van der Waals surface area contributed by atoms with Crippen molar-refractivity contribution < 1.29 is 39.2 Å². The second-order valence-corrected chi connectivity index (χ2v) is 12.7. The second kappa shape index (κ2) is 16.6. The summed E-state index contributed by atoms with van der Waals surface area (Å²) < 4.78 is 11.5. The number of anilines is 1. The Kier molecular flexibility index (Phi) is 12.6. The molecule has 0 unspecified atom stereocenters. The zero-order valence-corrected chi connectivity index (χ0v) is 27.5. The van der Waals surface area contributed by atoms with Gasteiger partial charge in [-0.1, -0.05) is 55.5 Å². The number of methoxy groups -OCH3 is 1. The van der Waals surface area contributed by atoms with E-state index in [1.165, 1.54) is 19.2 Å². The fourth-order valence-electron chi connectivity index (χ4n) is 5.85. The van der Waals surface area contributed by atoms with Gasteiger partial charge in [-0.3, -0.25) is 9.59 Å². The molecule has 10 heteroatoms. The molecular formula is C37H48N2O8. The third-order valence-electron chi connectivity index (χ3n) is 9.07. The van der Waals surface area contributed by atoms with Crippen LogP contribution < -0.4 is 10.6 Å². The highest BCUT2D eigenvalue weighted by atomic mass is 16.5. The number of phenolic OH excluding ortho intramolecular Hbond substituents is 2. The standard InChI is InChI=1S/C37H48N2O8/c1-24-13-12-16-27-21-28(40)22-30(34(27)43)38-32(41)23-29(46-3)17-10-5-4-6-11-18-31(25(2)33(24)42)47-36(45)37(19-20-37)39-35(44)26-14-8-7-9-15-26/h4-6,10-11,13-14,17,21-22,25,29,31,33,40,42-43H,7-9,12,15-16,18-20,23H2,1-3H3,(H,38,41)(H,39,44)/b5-4+,11-6+,17-10-,24-13-/t25-,29-,31-,33-/m0/s1. The van der Waals surface area contributed by atoms with Gasteiger partial charge in [0.25, 0.3) is 0 Å². The number of ether oxygens (including phenoxy) is 2. The van der Waals surface area contributed by atoms with Gasteiger partial charge in [-0.05, 0) is 75.5 Å². The maximum absolute atomic E-state index is 13.5. The number of aryl methyl sites for hydroxylation is 1. The molecule has 1 aromatic carbocycles. The van der Waals surface area contributed by atoms with Gasteiger partial charge in [0, 0.05) is 31.1 Å². The van der Waals surface area contributed by atoms with Crippen LogP contribution in [0.5, 0.6) is 11.5 Å². The van der Waals surface area contributed by atoms with E-state index in [1.54, 1.807) is 31.2 Å². The summed E-state index contributed by atoms with van der Waals surface area (Å²) in [7, 11) is 1.49. The molecule has 2 bridgehead atoms. The molecule has 3 aliphatic rings. The number of benzene rings is 1. The highest BCUT2D eigenvalue weighted by molar-refractivity contribution is 5.99. The van der Waals surface area contributed by atoms with E-state index < -0.39 is 41.6 Å². The van der Waals surface area contributed by atoms with Crippen LogP contribution >= 0.6 is 0 Å². The van der Waals surface area contributed by atoms with Crippen LogP contribution in [-0.2, 0) is 30.3 Å². The molecule has 1 heterocycles. The first kappa shape index (κ1) is 35.7. The van der Waals surface area contributed by atoms with Crippen LogP contribution in [0.1, 0.15) is 77.2 Å². The zero-order chi connectivity index (χ0) is 34.0. The number of carbonyl (C=O) groups excluding carboxylic acids is 3. The van der Waals surface area contributed by atoms with E-state index in [1.807, 2.05) is 31.2 Å². The monoisotopic (exact) mass is 648 g/mol. The maximum atomic E-state index is 13.5. The summed E-state index contributed by atoms with van der Waals surface area (Å²) in [5, 5.41) is 38.1. The number of hydrogen-bond donors (Lipinski definition) is 5. The normalized spacial score (nSPS) is 28.6. The number of allylic oxidation sites excluding steroid dienone is 6. The topological polar surface area (TPSA) is 154 Å². The number of aliphatic hydroxyl groups is 1. The van der Waals surface area contributed by atoms with Crippen molar-refractivity contribution in [2.45, 2.75) is 102 Å². The number of phenols is 2. The Labute approximate surface area is 276 Å². The Morgan fingerprint density at radius 1 is 1.02 bits per heavy atom. The number of amides is 2. The summed E-state index contributed by atoms with van der Waals surface area (Å²) in [6.07, 6.45) is 18.0. The van der Waals surface area contributed by atoms with E-state index in [9.17, 15) is 29.7 Å². The molecule has 1 saturated carbocycles. The fourth-order valence-corrected chi connectivity index (χ4v) is 5.85. The van der Waals surface area contributed by atoms with Crippen molar-refractivity contribution in [1.29, 1.82) is 0 Å². The minimum atomic E-state index is -1.04. The van der Waals surface area contributed by atoms with Gasteiger partial charge in [-0.15, -0.1) is 0 Å². The number of nitrogens with one attached hydrogen (secondary N) is 2. The Balaban J connectivity index is 1.55. The Bertz CT molecular complexity index is 1450.